The van der Waals surface area contributed by atoms with Crippen molar-refractivity contribution in [1.29, 1.82) is 0 Å². The van der Waals surface area contributed by atoms with Gasteiger partial charge < -0.3 is 20.1 Å². The fourth-order valence-electron chi connectivity index (χ4n) is 2.22. The van der Waals surface area contributed by atoms with Crippen molar-refractivity contribution in [1.82, 2.24) is 15.1 Å². The molecule has 0 unspecified atom stereocenters. The molecule has 1 heterocycles. The lowest BCUT2D eigenvalue weighted by atomic mass is 10.1. The van der Waals surface area contributed by atoms with Crippen LogP contribution in [0.4, 0.5) is 14.9 Å². The zero-order valence-electron chi connectivity index (χ0n) is 13.9. The van der Waals surface area contributed by atoms with Crippen LogP contribution in [0.2, 0.25) is 0 Å². The maximum Gasteiger partial charge on any atom is 0.319 e. The first-order valence-corrected chi connectivity index (χ1v) is 7.46. The SMILES string of the molecule is COCCn1cc(NC(=O)N[C@@H](C)c2cc(F)ccc2OC)cn1. The molecule has 1 aromatic carbocycles. The number of methoxy groups -OCH3 is 2. The molecule has 0 fully saturated rings. The van der Waals surface area contributed by atoms with Crippen molar-refractivity contribution in [3.05, 3.63) is 42.0 Å². The summed E-state index contributed by atoms with van der Waals surface area (Å²) in [6, 6.07) is 3.33. The van der Waals surface area contributed by atoms with Crippen LogP contribution in [-0.4, -0.2) is 36.6 Å². The Bertz CT molecular complexity index is 690. The maximum atomic E-state index is 13.4. The molecule has 0 aliphatic carbocycles. The van der Waals surface area contributed by atoms with Crippen LogP contribution in [0.25, 0.3) is 0 Å². The van der Waals surface area contributed by atoms with E-state index in [9.17, 15) is 9.18 Å². The van der Waals surface area contributed by atoms with Crippen molar-refractivity contribution < 1.29 is 18.7 Å². The van der Waals surface area contributed by atoms with Crippen molar-refractivity contribution in [3.8, 4) is 5.75 Å². The number of urea groups is 1. The first-order chi connectivity index (χ1) is 11.5. The van der Waals surface area contributed by atoms with E-state index < -0.39 is 12.1 Å². The number of rotatable bonds is 7. The fraction of sp³-hybridized carbons (Fsp3) is 0.375. The van der Waals surface area contributed by atoms with Gasteiger partial charge in [-0.3, -0.25) is 4.68 Å². The fourth-order valence-corrected chi connectivity index (χ4v) is 2.22. The Labute approximate surface area is 139 Å². The largest absolute Gasteiger partial charge is 0.496 e. The third-order valence-corrected chi connectivity index (χ3v) is 3.42. The summed E-state index contributed by atoms with van der Waals surface area (Å²) < 4.78 is 25.3. The minimum Gasteiger partial charge on any atom is -0.496 e. The van der Waals surface area contributed by atoms with Crippen LogP contribution in [-0.2, 0) is 11.3 Å². The third-order valence-electron chi connectivity index (χ3n) is 3.42. The summed E-state index contributed by atoms with van der Waals surface area (Å²) in [7, 11) is 3.11. The lowest BCUT2D eigenvalue weighted by Gasteiger charge is -2.17. The van der Waals surface area contributed by atoms with Gasteiger partial charge in [-0.05, 0) is 25.1 Å². The van der Waals surface area contributed by atoms with Gasteiger partial charge in [-0.1, -0.05) is 0 Å². The predicted octanol–water partition coefficient (Wildman–Crippen LogP) is 2.56. The number of aromatic nitrogens is 2. The zero-order valence-corrected chi connectivity index (χ0v) is 13.9. The van der Waals surface area contributed by atoms with Gasteiger partial charge >= 0.3 is 6.03 Å². The Morgan fingerprint density at radius 2 is 2.21 bits per heavy atom. The molecule has 2 rings (SSSR count). The van der Waals surface area contributed by atoms with Crippen LogP contribution >= 0.6 is 0 Å². The quantitative estimate of drug-likeness (QED) is 0.815. The molecule has 24 heavy (non-hydrogen) atoms. The molecule has 7 nitrogen and oxygen atoms in total. The van der Waals surface area contributed by atoms with Gasteiger partial charge in [0.2, 0.25) is 0 Å². The average molecular weight is 336 g/mol. The van der Waals surface area contributed by atoms with Crippen LogP contribution in [0.3, 0.4) is 0 Å². The number of nitrogens with zero attached hydrogens (tertiary/aromatic N) is 2. The Kier molecular flexibility index (Phi) is 6.14. The maximum absolute atomic E-state index is 13.4. The smallest absolute Gasteiger partial charge is 0.319 e. The Hall–Kier alpha value is -2.61. The second kappa shape index (κ2) is 8.30. The van der Waals surface area contributed by atoms with E-state index in [1.807, 2.05) is 0 Å². The molecule has 0 spiro atoms. The molecule has 0 aliphatic heterocycles. The number of ether oxygens (including phenoxy) is 2. The van der Waals surface area contributed by atoms with E-state index in [2.05, 4.69) is 15.7 Å². The van der Waals surface area contributed by atoms with Crippen LogP contribution in [0.15, 0.2) is 30.6 Å². The topological polar surface area (TPSA) is 77.4 Å². The number of benzene rings is 1. The molecule has 1 aromatic heterocycles. The number of amides is 2. The summed E-state index contributed by atoms with van der Waals surface area (Å²) in [6.07, 6.45) is 3.24. The van der Waals surface area contributed by atoms with E-state index in [1.165, 1.54) is 25.3 Å². The molecule has 0 saturated heterocycles. The van der Waals surface area contributed by atoms with Crippen LogP contribution in [0.5, 0.6) is 5.75 Å². The molecule has 0 saturated carbocycles. The monoisotopic (exact) mass is 336 g/mol. The molecule has 2 amide bonds. The van der Waals surface area contributed by atoms with Gasteiger partial charge in [0.15, 0.2) is 0 Å². The van der Waals surface area contributed by atoms with E-state index in [1.54, 1.807) is 31.1 Å². The normalized spacial score (nSPS) is 11.8. The lowest BCUT2D eigenvalue weighted by molar-refractivity contribution is 0.183. The second-order valence-corrected chi connectivity index (χ2v) is 5.19. The van der Waals surface area contributed by atoms with Crippen molar-refractivity contribution in [2.45, 2.75) is 19.5 Å². The van der Waals surface area contributed by atoms with Gasteiger partial charge in [0, 0.05) is 18.9 Å². The Balaban J connectivity index is 1.96. The molecule has 8 heteroatoms. The van der Waals surface area contributed by atoms with Crippen molar-refractivity contribution in [2.24, 2.45) is 0 Å². The van der Waals surface area contributed by atoms with Gasteiger partial charge in [0.25, 0.3) is 0 Å². The van der Waals surface area contributed by atoms with Gasteiger partial charge in [-0.2, -0.15) is 5.10 Å². The second-order valence-electron chi connectivity index (χ2n) is 5.19. The molecule has 1 atom stereocenters. The molecule has 2 aromatic rings. The van der Waals surface area contributed by atoms with E-state index >= 15 is 0 Å². The summed E-state index contributed by atoms with van der Waals surface area (Å²) in [6.45, 7) is 2.87. The van der Waals surface area contributed by atoms with Crippen molar-refractivity contribution in [3.63, 3.8) is 0 Å². The minimum absolute atomic E-state index is 0.390. The molecule has 2 N–H and O–H groups in total. The Morgan fingerprint density at radius 1 is 1.42 bits per heavy atom. The van der Waals surface area contributed by atoms with Gasteiger partial charge in [-0.15, -0.1) is 0 Å². The number of hydrogen-bond donors (Lipinski definition) is 2. The standard InChI is InChI=1S/C16H21FN4O3/c1-11(14-8-12(17)4-5-15(14)24-3)19-16(22)20-13-9-18-21(10-13)6-7-23-2/h4-5,8-11H,6-7H2,1-3H3,(H2,19,20,22)/t11-/m0/s1. The summed E-state index contributed by atoms with van der Waals surface area (Å²) in [5.74, 6) is 0.121. The molecule has 0 bridgehead atoms. The number of hydrogen-bond acceptors (Lipinski definition) is 4. The van der Waals surface area contributed by atoms with Crippen LogP contribution in [0, 0.1) is 5.82 Å². The summed E-state index contributed by atoms with van der Waals surface area (Å²) in [5, 5.41) is 9.53. The van der Waals surface area contributed by atoms with Gasteiger partial charge in [0.05, 0.1) is 38.2 Å². The van der Waals surface area contributed by atoms with Crippen LogP contribution < -0.4 is 15.4 Å². The Morgan fingerprint density at radius 3 is 2.92 bits per heavy atom. The van der Waals surface area contributed by atoms with Crippen LogP contribution in [0.1, 0.15) is 18.5 Å². The molecular weight excluding hydrogens is 315 g/mol. The molecule has 0 radical (unpaired) electrons. The van der Waals surface area contributed by atoms with Gasteiger partial charge in [-0.25, -0.2) is 9.18 Å². The molecular formula is C16H21FN4O3. The van der Waals surface area contributed by atoms with E-state index in [0.29, 0.717) is 30.2 Å². The minimum atomic E-state index is -0.431. The summed E-state index contributed by atoms with van der Waals surface area (Å²) >= 11 is 0. The highest BCUT2D eigenvalue weighted by molar-refractivity contribution is 5.89. The highest BCUT2D eigenvalue weighted by atomic mass is 19.1. The highest BCUT2D eigenvalue weighted by Gasteiger charge is 2.15. The summed E-state index contributed by atoms with van der Waals surface area (Å²) in [4.78, 5) is 12.1. The van der Waals surface area contributed by atoms with Gasteiger partial charge in [0.1, 0.15) is 11.6 Å². The number of nitrogens with one attached hydrogen (secondary N) is 2. The number of carbonyl (C=O) groups excluding carboxylic acids is 1. The molecule has 0 aliphatic rings. The van der Waals surface area contributed by atoms with E-state index in [0.717, 1.165) is 0 Å². The molecule has 130 valence electrons. The third kappa shape index (κ3) is 4.69. The van der Waals surface area contributed by atoms with Crippen molar-refractivity contribution >= 4 is 11.7 Å². The number of halogens is 1. The first kappa shape index (κ1) is 17.7. The first-order valence-electron chi connectivity index (χ1n) is 7.46. The number of carbonyl (C=O) groups is 1. The number of anilines is 1. The van der Waals surface area contributed by atoms with Crippen molar-refractivity contribution in [2.75, 3.05) is 26.1 Å². The zero-order chi connectivity index (χ0) is 17.5. The summed E-state index contributed by atoms with van der Waals surface area (Å²) in [5.41, 5.74) is 1.12. The highest BCUT2D eigenvalue weighted by Crippen LogP contribution is 2.25. The lowest BCUT2D eigenvalue weighted by Crippen LogP contribution is -2.31. The van der Waals surface area contributed by atoms with E-state index in [-0.39, 0.29) is 5.82 Å². The predicted molar refractivity (Wildman–Crippen MR) is 87.6 cm³/mol. The average Bonchev–Trinajstić information content (AvgIpc) is 2.99. The van der Waals surface area contributed by atoms with E-state index in [4.69, 9.17) is 9.47 Å².